The number of benzene rings is 1. The van der Waals surface area contributed by atoms with Crippen molar-refractivity contribution in [1.82, 2.24) is 4.98 Å². The summed E-state index contributed by atoms with van der Waals surface area (Å²) >= 11 is 0. The van der Waals surface area contributed by atoms with Crippen molar-refractivity contribution < 1.29 is 23.0 Å². The molecule has 2 aromatic rings. The molecule has 1 aliphatic carbocycles. The molecule has 1 aromatic heterocycles. The van der Waals surface area contributed by atoms with Gasteiger partial charge in [0.15, 0.2) is 23.1 Å². The number of methoxy groups -OCH3 is 2. The minimum absolute atomic E-state index is 0. The van der Waals surface area contributed by atoms with Crippen LogP contribution in [0.1, 0.15) is 29.7 Å². The summed E-state index contributed by atoms with van der Waals surface area (Å²) in [5, 5.41) is 0. The van der Waals surface area contributed by atoms with Crippen LogP contribution < -0.4 is 20.1 Å². The maximum absolute atomic E-state index is 14.9. The normalized spacial score (nSPS) is 16.5. The van der Waals surface area contributed by atoms with Crippen LogP contribution >= 0.6 is 12.4 Å². The summed E-state index contributed by atoms with van der Waals surface area (Å²) in [5.41, 5.74) is 6.73. The molecule has 2 aliphatic rings. The molecule has 0 bridgehead atoms. The van der Waals surface area contributed by atoms with E-state index in [2.05, 4.69) is 4.98 Å². The van der Waals surface area contributed by atoms with Gasteiger partial charge in [0.2, 0.25) is 5.91 Å². The van der Waals surface area contributed by atoms with Gasteiger partial charge in [0.05, 0.1) is 31.9 Å². The molecule has 0 radical (unpaired) electrons. The highest BCUT2D eigenvalue weighted by Gasteiger charge is 2.57. The molecule has 0 unspecified atom stereocenters. The zero-order valence-electron chi connectivity index (χ0n) is 15.4. The van der Waals surface area contributed by atoms with E-state index in [1.54, 1.807) is 6.20 Å². The van der Waals surface area contributed by atoms with Crippen LogP contribution in [0.5, 0.6) is 11.5 Å². The van der Waals surface area contributed by atoms with Gasteiger partial charge in [-0.2, -0.15) is 0 Å². The fourth-order valence-electron chi connectivity index (χ4n) is 3.72. The van der Waals surface area contributed by atoms with Crippen molar-refractivity contribution in [2.75, 3.05) is 19.1 Å². The van der Waals surface area contributed by atoms with E-state index in [1.807, 2.05) is 6.07 Å². The van der Waals surface area contributed by atoms with E-state index in [0.717, 1.165) is 22.1 Å². The first-order valence-electron chi connectivity index (χ1n) is 8.57. The largest absolute Gasteiger partial charge is 0.493 e. The zero-order valence-corrected chi connectivity index (χ0v) is 16.2. The van der Waals surface area contributed by atoms with Gasteiger partial charge in [-0.3, -0.25) is 9.78 Å². The lowest BCUT2D eigenvalue weighted by molar-refractivity contribution is -0.121. The quantitative estimate of drug-likeness (QED) is 0.837. The van der Waals surface area contributed by atoms with Gasteiger partial charge in [0.25, 0.3) is 0 Å². The maximum Gasteiger partial charge on any atom is 0.238 e. The lowest BCUT2D eigenvalue weighted by Gasteiger charge is -2.35. The predicted octanol–water partition coefficient (Wildman–Crippen LogP) is 2.84. The number of nitrogens with zero attached hydrogens (tertiary/aromatic N) is 2. The van der Waals surface area contributed by atoms with Crippen LogP contribution in [-0.4, -0.2) is 25.1 Å². The second-order valence-electron chi connectivity index (χ2n) is 6.77. The Morgan fingerprint density at radius 2 is 1.79 bits per heavy atom. The SMILES string of the molecule is COc1cc(OC)c(F)c(N2Cc3cnc(CN)cc3C3(CC3)C2=O)c1F.Cl. The summed E-state index contributed by atoms with van der Waals surface area (Å²) in [4.78, 5) is 18.6. The number of halogens is 3. The third-order valence-electron chi connectivity index (χ3n) is 5.32. The number of amides is 1. The van der Waals surface area contributed by atoms with Crippen LogP contribution in [0.4, 0.5) is 14.5 Å². The Labute approximate surface area is 167 Å². The molecule has 2 heterocycles. The first-order valence-corrected chi connectivity index (χ1v) is 8.57. The second kappa shape index (κ2) is 7.18. The number of anilines is 1. The van der Waals surface area contributed by atoms with E-state index < -0.39 is 22.7 Å². The zero-order chi connectivity index (χ0) is 19.3. The minimum Gasteiger partial charge on any atom is -0.493 e. The van der Waals surface area contributed by atoms with Gasteiger partial charge in [-0.1, -0.05) is 0 Å². The van der Waals surface area contributed by atoms with Gasteiger partial charge in [0.1, 0.15) is 5.69 Å². The van der Waals surface area contributed by atoms with Gasteiger partial charge >= 0.3 is 0 Å². The number of pyridine rings is 1. The van der Waals surface area contributed by atoms with Gasteiger partial charge < -0.3 is 20.1 Å². The molecule has 1 fully saturated rings. The van der Waals surface area contributed by atoms with Crippen LogP contribution in [0, 0.1) is 11.6 Å². The first-order chi connectivity index (χ1) is 13.0. The molecule has 2 N–H and O–H groups in total. The summed E-state index contributed by atoms with van der Waals surface area (Å²) in [6.45, 7) is 0.273. The predicted molar refractivity (Wildman–Crippen MR) is 101 cm³/mol. The molecule has 150 valence electrons. The molecular formula is C19H20ClF2N3O3. The maximum atomic E-state index is 14.9. The number of hydrogen-bond donors (Lipinski definition) is 1. The van der Waals surface area contributed by atoms with Crippen LogP contribution in [0.25, 0.3) is 0 Å². The average molecular weight is 412 g/mol. The smallest absolute Gasteiger partial charge is 0.238 e. The highest BCUT2D eigenvalue weighted by Crippen LogP contribution is 2.54. The van der Waals surface area contributed by atoms with Crippen molar-refractivity contribution in [1.29, 1.82) is 0 Å². The van der Waals surface area contributed by atoms with Crippen LogP contribution in [-0.2, 0) is 23.3 Å². The molecule has 9 heteroatoms. The summed E-state index contributed by atoms with van der Waals surface area (Å²) < 4.78 is 39.8. The Kier molecular flexibility index (Phi) is 5.20. The second-order valence-corrected chi connectivity index (χ2v) is 6.77. The molecule has 1 saturated carbocycles. The number of hydrogen-bond acceptors (Lipinski definition) is 5. The molecule has 1 aliphatic heterocycles. The van der Waals surface area contributed by atoms with Gasteiger partial charge in [-0.05, 0) is 30.0 Å². The van der Waals surface area contributed by atoms with E-state index in [4.69, 9.17) is 15.2 Å². The van der Waals surface area contributed by atoms with E-state index >= 15 is 0 Å². The van der Waals surface area contributed by atoms with Crippen molar-refractivity contribution in [2.45, 2.75) is 31.3 Å². The summed E-state index contributed by atoms with van der Waals surface area (Å²) in [7, 11) is 2.54. The third kappa shape index (κ3) is 2.79. The Hall–Kier alpha value is -2.45. The number of nitrogens with two attached hydrogens (primary N) is 1. The Morgan fingerprint density at radius 1 is 1.18 bits per heavy atom. The van der Waals surface area contributed by atoms with Crippen LogP contribution in [0.2, 0.25) is 0 Å². The number of fused-ring (bicyclic) bond motifs is 2. The number of ether oxygens (including phenoxy) is 2. The fraction of sp³-hybridized carbons (Fsp3) is 0.368. The summed E-state index contributed by atoms with van der Waals surface area (Å²) in [6, 6.07) is 2.95. The van der Waals surface area contributed by atoms with E-state index in [0.29, 0.717) is 18.5 Å². The Morgan fingerprint density at radius 3 is 2.29 bits per heavy atom. The van der Waals surface area contributed by atoms with Crippen molar-refractivity contribution in [3.8, 4) is 11.5 Å². The number of carbonyl (C=O) groups is 1. The molecule has 1 aromatic carbocycles. The van der Waals surface area contributed by atoms with E-state index in [-0.39, 0.29) is 42.9 Å². The van der Waals surface area contributed by atoms with Gasteiger partial charge in [-0.15, -0.1) is 12.4 Å². The Balaban J connectivity index is 0.00000225. The molecule has 28 heavy (non-hydrogen) atoms. The van der Waals surface area contributed by atoms with Crippen LogP contribution in [0.3, 0.4) is 0 Å². The Bertz CT molecular complexity index is 922. The number of carbonyl (C=O) groups excluding carboxylic acids is 1. The first kappa shape index (κ1) is 20.3. The van der Waals surface area contributed by atoms with Crippen LogP contribution in [0.15, 0.2) is 18.3 Å². The highest BCUT2D eigenvalue weighted by molar-refractivity contribution is 6.05. The standard InChI is InChI=1S/C19H19F2N3O3.ClH/c1-26-13-6-14(27-2)16(21)17(15(13)20)24-9-10-8-23-11(7-22)5-12(10)19(3-4-19)18(24)25;/h5-6,8H,3-4,7,9,22H2,1-2H3;1H. The molecule has 0 saturated heterocycles. The number of aromatic nitrogens is 1. The minimum atomic E-state index is -0.935. The summed E-state index contributed by atoms with van der Waals surface area (Å²) in [6.07, 6.45) is 2.87. The molecule has 0 atom stereocenters. The summed E-state index contributed by atoms with van der Waals surface area (Å²) in [5.74, 6) is -2.59. The van der Waals surface area contributed by atoms with Crippen molar-refractivity contribution in [3.05, 3.63) is 46.8 Å². The van der Waals surface area contributed by atoms with Gasteiger partial charge in [0, 0.05) is 18.8 Å². The van der Waals surface area contributed by atoms with E-state index in [1.165, 1.54) is 14.2 Å². The number of rotatable bonds is 4. The fourth-order valence-corrected chi connectivity index (χ4v) is 3.72. The van der Waals surface area contributed by atoms with Gasteiger partial charge in [-0.25, -0.2) is 8.78 Å². The van der Waals surface area contributed by atoms with Crippen molar-refractivity contribution in [3.63, 3.8) is 0 Å². The molecule has 1 amide bonds. The average Bonchev–Trinajstić information content (AvgIpc) is 3.47. The van der Waals surface area contributed by atoms with Crippen molar-refractivity contribution >= 4 is 24.0 Å². The lowest BCUT2D eigenvalue weighted by atomic mass is 9.86. The lowest BCUT2D eigenvalue weighted by Crippen LogP contribution is -2.45. The molecule has 6 nitrogen and oxygen atoms in total. The highest BCUT2D eigenvalue weighted by atomic mass is 35.5. The topological polar surface area (TPSA) is 77.7 Å². The third-order valence-corrected chi connectivity index (χ3v) is 5.32. The molecular weight excluding hydrogens is 392 g/mol. The monoisotopic (exact) mass is 411 g/mol. The molecule has 1 spiro atoms. The van der Waals surface area contributed by atoms with Crippen molar-refractivity contribution in [2.24, 2.45) is 5.73 Å². The van der Waals surface area contributed by atoms with E-state index in [9.17, 15) is 13.6 Å². The molecule has 4 rings (SSSR count).